The van der Waals surface area contributed by atoms with Crippen LogP contribution in [0.25, 0.3) is 0 Å². The molecule has 2 aromatic rings. The first-order valence-electron chi connectivity index (χ1n) is 7.95. The van der Waals surface area contributed by atoms with Crippen molar-refractivity contribution in [3.05, 3.63) is 53.6 Å². The molecule has 142 valence electrons. The minimum Gasteiger partial charge on any atom is -0.496 e. The van der Waals surface area contributed by atoms with Crippen molar-refractivity contribution in [2.45, 2.75) is 19.0 Å². The smallest absolute Gasteiger partial charge is 0.222 e. The van der Waals surface area contributed by atoms with Crippen molar-refractivity contribution in [2.75, 3.05) is 21.3 Å². The fourth-order valence-electron chi connectivity index (χ4n) is 2.53. The van der Waals surface area contributed by atoms with Crippen LogP contribution >= 0.6 is 12.4 Å². The number of hydrogen-bond acceptors (Lipinski definition) is 5. The van der Waals surface area contributed by atoms with Crippen LogP contribution in [0, 0.1) is 0 Å². The van der Waals surface area contributed by atoms with Gasteiger partial charge in [0.2, 0.25) is 5.91 Å². The summed E-state index contributed by atoms with van der Waals surface area (Å²) in [5.74, 6) is 1.65. The minimum atomic E-state index is -0.346. The lowest BCUT2D eigenvalue weighted by Crippen LogP contribution is -2.27. The van der Waals surface area contributed by atoms with E-state index in [1.54, 1.807) is 33.5 Å². The molecule has 0 aromatic heterocycles. The van der Waals surface area contributed by atoms with Gasteiger partial charge in [-0.1, -0.05) is 30.3 Å². The number of halogens is 1. The average molecular weight is 381 g/mol. The van der Waals surface area contributed by atoms with Crippen LogP contribution in [0.15, 0.2) is 42.5 Å². The van der Waals surface area contributed by atoms with Crippen molar-refractivity contribution < 1.29 is 19.0 Å². The second-order valence-electron chi connectivity index (χ2n) is 5.51. The molecule has 2 aromatic carbocycles. The minimum absolute atomic E-state index is 0. The van der Waals surface area contributed by atoms with E-state index in [1.807, 2.05) is 30.3 Å². The number of hydrogen-bond donors (Lipinski definition) is 2. The highest BCUT2D eigenvalue weighted by atomic mass is 35.5. The Balaban J connectivity index is 0.00000338. The van der Waals surface area contributed by atoms with Gasteiger partial charge in [-0.25, -0.2) is 0 Å². The molecule has 1 amide bonds. The maximum Gasteiger partial charge on any atom is 0.222 e. The van der Waals surface area contributed by atoms with Gasteiger partial charge in [0.1, 0.15) is 17.2 Å². The maximum atomic E-state index is 12.2. The summed E-state index contributed by atoms with van der Waals surface area (Å²) in [7, 11) is 4.69. The van der Waals surface area contributed by atoms with Gasteiger partial charge in [-0.05, 0) is 5.56 Å². The third-order valence-electron chi connectivity index (χ3n) is 3.91. The van der Waals surface area contributed by atoms with Crippen LogP contribution in [-0.4, -0.2) is 27.2 Å². The van der Waals surface area contributed by atoms with Gasteiger partial charge in [-0.15, -0.1) is 12.4 Å². The molecule has 3 N–H and O–H groups in total. The monoisotopic (exact) mass is 380 g/mol. The molecule has 0 radical (unpaired) electrons. The molecular weight excluding hydrogens is 356 g/mol. The Bertz CT molecular complexity index is 685. The summed E-state index contributed by atoms with van der Waals surface area (Å²) >= 11 is 0. The molecule has 0 aliphatic carbocycles. The molecule has 0 aliphatic rings. The van der Waals surface area contributed by atoms with E-state index in [9.17, 15) is 4.79 Å². The van der Waals surface area contributed by atoms with Crippen molar-refractivity contribution in [1.29, 1.82) is 0 Å². The summed E-state index contributed by atoms with van der Waals surface area (Å²) in [5, 5.41) is 2.87. The largest absolute Gasteiger partial charge is 0.496 e. The van der Waals surface area contributed by atoms with Crippen LogP contribution in [-0.2, 0) is 11.3 Å². The van der Waals surface area contributed by atoms with Gasteiger partial charge in [-0.3, -0.25) is 4.79 Å². The number of rotatable bonds is 8. The number of nitrogens with one attached hydrogen (secondary N) is 1. The Kier molecular flexibility index (Phi) is 8.75. The first kappa shape index (κ1) is 21.6. The topological polar surface area (TPSA) is 82.8 Å². The highest BCUT2D eigenvalue weighted by molar-refractivity contribution is 5.85. The Morgan fingerprint density at radius 3 is 2.12 bits per heavy atom. The first-order valence-corrected chi connectivity index (χ1v) is 7.95. The third kappa shape index (κ3) is 5.54. The summed E-state index contributed by atoms with van der Waals surface area (Å²) < 4.78 is 16.0. The standard InChI is InChI=1S/C19H24N2O4.ClH/c1-23-14-9-17(24-2)15(18(10-14)25-3)12-21-19(22)11-16(20)13-7-5-4-6-8-13;/h4-10,16H,11-12,20H2,1-3H3,(H,21,22);1H. The Hall–Kier alpha value is -2.44. The molecule has 0 bridgehead atoms. The SMILES string of the molecule is COc1cc(OC)c(CNC(=O)CC(N)c2ccccc2)c(OC)c1.Cl. The fraction of sp³-hybridized carbons (Fsp3) is 0.316. The van der Waals surface area contributed by atoms with Crippen LogP contribution in [0.5, 0.6) is 17.2 Å². The van der Waals surface area contributed by atoms with E-state index in [-0.39, 0.29) is 37.3 Å². The highest BCUT2D eigenvalue weighted by Crippen LogP contribution is 2.33. The van der Waals surface area contributed by atoms with Gasteiger partial charge >= 0.3 is 0 Å². The predicted octanol–water partition coefficient (Wildman–Crippen LogP) is 2.84. The molecule has 26 heavy (non-hydrogen) atoms. The lowest BCUT2D eigenvalue weighted by molar-refractivity contribution is -0.121. The summed E-state index contributed by atoms with van der Waals surface area (Å²) in [6.07, 6.45) is 0.199. The number of ether oxygens (including phenoxy) is 3. The van der Waals surface area contributed by atoms with Gasteiger partial charge in [0.15, 0.2) is 0 Å². The van der Waals surface area contributed by atoms with E-state index >= 15 is 0 Å². The van der Waals surface area contributed by atoms with Crippen LogP contribution in [0.2, 0.25) is 0 Å². The van der Waals surface area contributed by atoms with Crippen LogP contribution in [0.1, 0.15) is 23.6 Å². The number of benzene rings is 2. The summed E-state index contributed by atoms with van der Waals surface area (Å²) in [6.45, 7) is 0.274. The molecule has 2 rings (SSSR count). The van der Waals surface area contributed by atoms with Gasteiger partial charge in [0.05, 0.1) is 33.4 Å². The molecule has 7 heteroatoms. The molecular formula is C19H25ClN2O4. The fourth-order valence-corrected chi connectivity index (χ4v) is 2.53. The van der Waals surface area contributed by atoms with Crippen molar-refractivity contribution in [2.24, 2.45) is 5.73 Å². The zero-order valence-corrected chi connectivity index (χ0v) is 16.0. The zero-order valence-electron chi connectivity index (χ0n) is 15.2. The van der Waals surface area contributed by atoms with Crippen LogP contribution < -0.4 is 25.3 Å². The molecule has 0 aliphatic heterocycles. The summed E-state index contributed by atoms with van der Waals surface area (Å²) in [6, 6.07) is 12.7. The van der Waals surface area contributed by atoms with Crippen molar-refractivity contribution in [3.8, 4) is 17.2 Å². The Morgan fingerprint density at radius 1 is 1.04 bits per heavy atom. The number of methoxy groups -OCH3 is 3. The highest BCUT2D eigenvalue weighted by Gasteiger charge is 2.16. The van der Waals surface area contributed by atoms with E-state index in [0.717, 1.165) is 11.1 Å². The number of carbonyl (C=O) groups excluding carboxylic acids is 1. The van der Waals surface area contributed by atoms with Crippen molar-refractivity contribution in [3.63, 3.8) is 0 Å². The zero-order chi connectivity index (χ0) is 18.2. The predicted molar refractivity (Wildman–Crippen MR) is 103 cm³/mol. The second kappa shape index (κ2) is 10.5. The van der Waals surface area contributed by atoms with Gasteiger partial charge < -0.3 is 25.3 Å². The molecule has 0 saturated carbocycles. The second-order valence-corrected chi connectivity index (χ2v) is 5.51. The number of nitrogens with two attached hydrogens (primary N) is 1. The normalized spacial score (nSPS) is 11.1. The first-order chi connectivity index (χ1) is 12.1. The molecule has 1 unspecified atom stereocenters. The molecule has 0 saturated heterocycles. The van der Waals surface area contributed by atoms with E-state index in [0.29, 0.717) is 17.2 Å². The molecule has 1 atom stereocenters. The molecule has 0 fully saturated rings. The molecule has 0 spiro atoms. The van der Waals surface area contributed by atoms with Gasteiger partial charge in [-0.2, -0.15) is 0 Å². The van der Waals surface area contributed by atoms with E-state index in [1.165, 1.54) is 0 Å². The maximum absolute atomic E-state index is 12.2. The van der Waals surface area contributed by atoms with Crippen LogP contribution in [0.4, 0.5) is 0 Å². The van der Waals surface area contributed by atoms with Gasteiger partial charge in [0.25, 0.3) is 0 Å². The lowest BCUT2D eigenvalue weighted by Gasteiger charge is -2.16. The quantitative estimate of drug-likeness (QED) is 0.735. The van der Waals surface area contributed by atoms with Crippen LogP contribution in [0.3, 0.4) is 0 Å². The van der Waals surface area contributed by atoms with Gasteiger partial charge in [0, 0.05) is 24.6 Å². The summed E-state index contributed by atoms with van der Waals surface area (Å²) in [4.78, 5) is 12.2. The number of carbonyl (C=O) groups is 1. The van der Waals surface area contributed by atoms with Crippen molar-refractivity contribution >= 4 is 18.3 Å². The third-order valence-corrected chi connectivity index (χ3v) is 3.91. The van der Waals surface area contributed by atoms with E-state index in [4.69, 9.17) is 19.9 Å². The Morgan fingerprint density at radius 2 is 1.62 bits per heavy atom. The number of amides is 1. The van der Waals surface area contributed by atoms with E-state index < -0.39 is 0 Å². The lowest BCUT2D eigenvalue weighted by atomic mass is 10.0. The molecule has 6 nitrogen and oxygen atoms in total. The average Bonchev–Trinajstić information content (AvgIpc) is 2.66. The van der Waals surface area contributed by atoms with Crippen molar-refractivity contribution in [1.82, 2.24) is 5.32 Å². The molecule has 0 heterocycles. The van der Waals surface area contributed by atoms with E-state index in [2.05, 4.69) is 5.32 Å². The summed E-state index contributed by atoms with van der Waals surface area (Å²) in [5.41, 5.74) is 7.76. The Labute approximate surface area is 160 Å².